The van der Waals surface area contributed by atoms with Gasteiger partial charge in [0, 0.05) is 67.4 Å². The molecule has 2 aliphatic rings. The van der Waals surface area contributed by atoms with E-state index in [0.717, 1.165) is 55.1 Å². The number of rotatable bonds is 3. The summed E-state index contributed by atoms with van der Waals surface area (Å²) in [5.41, 5.74) is 1.70. The van der Waals surface area contributed by atoms with E-state index in [2.05, 4.69) is 0 Å². The fraction of sp³-hybridized carbons (Fsp3) is 0.400. The topological polar surface area (TPSA) is 50.5 Å². The van der Waals surface area contributed by atoms with Gasteiger partial charge in [-0.05, 0) is 37.1 Å². The largest absolute Gasteiger partial charge is 0.416 e. The first-order valence-corrected chi connectivity index (χ1v) is 13.6. The Balaban J connectivity index is 1.36. The first kappa shape index (κ1) is 25.5. The maximum atomic E-state index is 14.1. The minimum absolute atomic E-state index is 0.0676. The smallest absolute Gasteiger partial charge is 0.368 e. The predicted molar refractivity (Wildman–Crippen MR) is 146 cm³/mol. The number of fused-ring (bicyclic) bond motifs is 3. The Morgan fingerprint density at radius 1 is 0.923 bits per heavy atom. The van der Waals surface area contributed by atoms with E-state index in [4.69, 9.17) is 0 Å². The van der Waals surface area contributed by atoms with Crippen LogP contribution in [0, 0.1) is 0 Å². The summed E-state index contributed by atoms with van der Waals surface area (Å²) in [4.78, 5) is 31.5. The number of amides is 1. The molecule has 0 atom stereocenters. The lowest BCUT2D eigenvalue weighted by Crippen LogP contribution is -2.49. The van der Waals surface area contributed by atoms with E-state index >= 15 is 0 Å². The van der Waals surface area contributed by atoms with E-state index < -0.39 is 11.7 Å². The van der Waals surface area contributed by atoms with Gasteiger partial charge in [-0.1, -0.05) is 43.5 Å². The molecule has 1 aliphatic heterocycles. The molecule has 204 valence electrons. The van der Waals surface area contributed by atoms with Crippen molar-refractivity contribution in [3.05, 3.63) is 76.2 Å². The highest BCUT2D eigenvalue weighted by Gasteiger charge is 2.32. The quantitative estimate of drug-likeness (QED) is 0.324. The number of pyridine rings is 1. The van der Waals surface area contributed by atoms with E-state index in [0.29, 0.717) is 48.3 Å². The molecule has 1 saturated carbocycles. The Morgan fingerprint density at radius 3 is 2.36 bits per heavy atom. The number of para-hydroxylation sites is 1. The van der Waals surface area contributed by atoms with E-state index in [-0.39, 0.29) is 17.5 Å². The minimum atomic E-state index is -4.40. The van der Waals surface area contributed by atoms with Crippen molar-refractivity contribution in [1.82, 2.24) is 14.0 Å². The van der Waals surface area contributed by atoms with Gasteiger partial charge in [-0.15, -0.1) is 0 Å². The van der Waals surface area contributed by atoms with Gasteiger partial charge in [-0.2, -0.15) is 13.2 Å². The number of hydrogen-bond donors (Lipinski definition) is 0. The number of alkyl halides is 3. The molecule has 2 aromatic heterocycles. The van der Waals surface area contributed by atoms with Crippen LogP contribution in [-0.2, 0) is 13.2 Å². The van der Waals surface area contributed by atoms with Crippen molar-refractivity contribution in [3.63, 3.8) is 0 Å². The molecule has 6 nitrogen and oxygen atoms in total. The van der Waals surface area contributed by atoms with Crippen LogP contribution in [0.5, 0.6) is 0 Å². The molecular formula is C30H31F3N4O2. The molecule has 2 aromatic carbocycles. The molecule has 0 radical (unpaired) electrons. The van der Waals surface area contributed by atoms with Gasteiger partial charge in [0.1, 0.15) is 5.52 Å². The second kappa shape index (κ2) is 9.77. The third-order valence-corrected chi connectivity index (χ3v) is 8.39. The molecule has 0 bridgehead atoms. The van der Waals surface area contributed by atoms with Gasteiger partial charge in [-0.25, -0.2) is 0 Å². The molecule has 6 rings (SSSR count). The maximum Gasteiger partial charge on any atom is 0.416 e. The lowest BCUT2D eigenvalue weighted by atomic mass is 9.94. The van der Waals surface area contributed by atoms with Crippen molar-refractivity contribution in [3.8, 4) is 0 Å². The van der Waals surface area contributed by atoms with Gasteiger partial charge in [-0.3, -0.25) is 9.59 Å². The zero-order valence-corrected chi connectivity index (χ0v) is 21.9. The average Bonchev–Trinajstić information content (AvgIpc) is 3.26. The van der Waals surface area contributed by atoms with Crippen molar-refractivity contribution in [2.24, 2.45) is 7.05 Å². The SMILES string of the molecule is Cn1c2ccccc2c2c(C(=O)N3CCN(c4cccc(C(F)(F)F)c4)CC3)cn(C3CCCCC3)c(=O)c21. The zero-order valence-electron chi connectivity index (χ0n) is 21.9. The molecule has 0 N–H and O–H groups in total. The summed E-state index contributed by atoms with van der Waals surface area (Å²) in [7, 11) is 1.87. The van der Waals surface area contributed by atoms with Crippen LogP contribution in [-0.4, -0.2) is 46.1 Å². The summed E-state index contributed by atoms with van der Waals surface area (Å²) in [5.74, 6) is -0.149. The average molecular weight is 537 g/mol. The number of nitrogens with zero attached hydrogens (tertiary/aromatic N) is 4. The fourth-order valence-electron chi connectivity index (χ4n) is 6.31. The van der Waals surface area contributed by atoms with E-state index in [1.807, 2.05) is 40.8 Å². The van der Waals surface area contributed by atoms with Crippen molar-refractivity contribution >= 4 is 33.4 Å². The van der Waals surface area contributed by atoms with Crippen molar-refractivity contribution < 1.29 is 18.0 Å². The van der Waals surface area contributed by atoms with Crippen LogP contribution < -0.4 is 10.5 Å². The van der Waals surface area contributed by atoms with Crippen LogP contribution in [0.3, 0.4) is 0 Å². The van der Waals surface area contributed by atoms with E-state index in [1.165, 1.54) is 6.07 Å². The van der Waals surface area contributed by atoms with Crippen LogP contribution in [0.15, 0.2) is 59.5 Å². The molecule has 1 saturated heterocycles. The summed E-state index contributed by atoms with van der Waals surface area (Å²) < 4.78 is 43.4. The van der Waals surface area contributed by atoms with Crippen LogP contribution in [0.2, 0.25) is 0 Å². The number of aromatic nitrogens is 2. The first-order valence-electron chi connectivity index (χ1n) is 13.6. The zero-order chi connectivity index (χ0) is 27.3. The number of piperazine rings is 1. The van der Waals surface area contributed by atoms with Crippen LogP contribution in [0.4, 0.5) is 18.9 Å². The monoisotopic (exact) mass is 536 g/mol. The summed E-state index contributed by atoms with van der Waals surface area (Å²) in [6.07, 6.45) is 2.48. The highest BCUT2D eigenvalue weighted by atomic mass is 19.4. The summed E-state index contributed by atoms with van der Waals surface area (Å²) >= 11 is 0. The molecule has 2 fully saturated rings. The number of carbonyl (C=O) groups excluding carboxylic acids is 1. The number of hydrogen-bond acceptors (Lipinski definition) is 3. The van der Waals surface area contributed by atoms with Crippen molar-refractivity contribution in [1.29, 1.82) is 0 Å². The van der Waals surface area contributed by atoms with Gasteiger partial charge < -0.3 is 18.9 Å². The number of aryl methyl sites for hydroxylation is 1. The highest BCUT2D eigenvalue weighted by molar-refractivity contribution is 6.17. The summed E-state index contributed by atoms with van der Waals surface area (Å²) in [6, 6.07) is 13.1. The number of halogens is 3. The van der Waals surface area contributed by atoms with Gasteiger partial charge in [0.25, 0.3) is 11.5 Å². The van der Waals surface area contributed by atoms with Gasteiger partial charge >= 0.3 is 6.18 Å². The van der Waals surface area contributed by atoms with Gasteiger partial charge in [0.2, 0.25) is 0 Å². The molecule has 1 amide bonds. The predicted octanol–water partition coefficient (Wildman–Crippen LogP) is 5.98. The number of anilines is 1. The molecule has 4 aromatic rings. The summed E-state index contributed by atoms with van der Waals surface area (Å²) in [6.45, 7) is 1.61. The number of benzene rings is 2. The third-order valence-electron chi connectivity index (χ3n) is 8.39. The summed E-state index contributed by atoms with van der Waals surface area (Å²) in [5, 5.41) is 1.55. The first-order chi connectivity index (χ1) is 18.7. The van der Waals surface area contributed by atoms with Crippen molar-refractivity contribution in [2.75, 3.05) is 31.1 Å². The second-order valence-electron chi connectivity index (χ2n) is 10.7. The Morgan fingerprint density at radius 2 is 1.64 bits per heavy atom. The molecular weight excluding hydrogens is 505 g/mol. The fourth-order valence-corrected chi connectivity index (χ4v) is 6.31. The van der Waals surface area contributed by atoms with Crippen LogP contribution in [0.25, 0.3) is 21.8 Å². The molecule has 0 unspecified atom stereocenters. The third kappa shape index (κ3) is 4.47. The van der Waals surface area contributed by atoms with E-state index in [9.17, 15) is 22.8 Å². The maximum absolute atomic E-state index is 14.1. The number of carbonyl (C=O) groups is 1. The molecule has 3 heterocycles. The molecule has 0 spiro atoms. The van der Waals surface area contributed by atoms with E-state index in [1.54, 1.807) is 21.7 Å². The standard InChI is InChI=1S/C30H31F3N4O2/c1-34-25-13-6-5-12-23(25)26-24(19-37(29(39)27(26)34)21-9-3-2-4-10-21)28(38)36-16-14-35(15-17-36)22-11-7-8-20(18-22)30(31,32)33/h5-8,11-13,18-19,21H,2-4,9-10,14-17H2,1H3. The van der Waals surface area contributed by atoms with Crippen molar-refractivity contribution in [2.45, 2.75) is 44.3 Å². The highest BCUT2D eigenvalue weighted by Crippen LogP contribution is 2.34. The lowest BCUT2D eigenvalue weighted by Gasteiger charge is -2.36. The lowest BCUT2D eigenvalue weighted by molar-refractivity contribution is -0.137. The second-order valence-corrected chi connectivity index (χ2v) is 10.7. The Kier molecular flexibility index (Phi) is 6.40. The van der Waals surface area contributed by atoms with Gasteiger partial charge in [0.05, 0.1) is 11.1 Å². The molecule has 9 heteroatoms. The van der Waals surface area contributed by atoms with Gasteiger partial charge in [0.15, 0.2) is 0 Å². The normalized spacial score (nSPS) is 17.3. The Hall–Kier alpha value is -3.75. The Labute approximate surface area is 224 Å². The van der Waals surface area contributed by atoms with Crippen LogP contribution >= 0.6 is 0 Å². The molecule has 39 heavy (non-hydrogen) atoms. The minimum Gasteiger partial charge on any atom is -0.368 e. The van der Waals surface area contributed by atoms with Crippen LogP contribution in [0.1, 0.15) is 54.1 Å². The Bertz CT molecular complexity index is 1610. The molecule has 1 aliphatic carbocycles.